The second-order valence-electron chi connectivity index (χ2n) is 4.58. The molecule has 90 valence electrons. The van der Waals surface area contributed by atoms with Gasteiger partial charge >= 0.3 is 7.12 Å². The van der Waals surface area contributed by atoms with Crippen molar-refractivity contribution in [2.75, 3.05) is 13.7 Å². The molecule has 17 heavy (non-hydrogen) atoms. The van der Waals surface area contributed by atoms with Gasteiger partial charge in [0.25, 0.3) is 5.91 Å². The molecule has 0 atom stereocenters. The molecule has 0 aliphatic carbocycles. The summed E-state index contributed by atoms with van der Waals surface area (Å²) >= 11 is 0. The summed E-state index contributed by atoms with van der Waals surface area (Å²) in [6, 6.07) is 3.45. The number of carbonyl (C=O) groups is 1. The molecule has 1 aromatic heterocycles. The number of amides is 1. The SMILES string of the molecule is CNC(=O)c1ccc(B2OCC(C)(C)O2)cn1. The number of rotatable bonds is 2. The van der Waals surface area contributed by atoms with Crippen LogP contribution in [0.25, 0.3) is 0 Å². The van der Waals surface area contributed by atoms with Gasteiger partial charge in [0, 0.05) is 18.7 Å². The highest BCUT2D eigenvalue weighted by Crippen LogP contribution is 2.19. The van der Waals surface area contributed by atoms with E-state index in [-0.39, 0.29) is 11.5 Å². The van der Waals surface area contributed by atoms with Gasteiger partial charge in [0.1, 0.15) is 5.69 Å². The van der Waals surface area contributed by atoms with Crippen LogP contribution in [0, 0.1) is 0 Å². The van der Waals surface area contributed by atoms with Crippen molar-refractivity contribution >= 4 is 18.5 Å². The van der Waals surface area contributed by atoms with Crippen LogP contribution in [-0.2, 0) is 9.31 Å². The molecule has 5 nitrogen and oxygen atoms in total. The molecule has 0 unspecified atom stereocenters. The molecule has 2 rings (SSSR count). The van der Waals surface area contributed by atoms with Crippen LogP contribution in [0.1, 0.15) is 24.3 Å². The van der Waals surface area contributed by atoms with Gasteiger partial charge in [-0.2, -0.15) is 0 Å². The topological polar surface area (TPSA) is 60.5 Å². The summed E-state index contributed by atoms with van der Waals surface area (Å²) in [5, 5.41) is 2.52. The van der Waals surface area contributed by atoms with Crippen LogP contribution in [0.4, 0.5) is 0 Å². The molecule has 1 saturated heterocycles. The van der Waals surface area contributed by atoms with Gasteiger partial charge in [0.2, 0.25) is 0 Å². The van der Waals surface area contributed by atoms with Gasteiger partial charge in [0.05, 0.1) is 12.2 Å². The van der Waals surface area contributed by atoms with Crippen molar-refractivity contribution in [2.45, 2.75) is 19.4 Å². The van der Waals surface area contributed by atoms with Gasteiger partial charge in [-0.1, -0.05) is 6.07 Å². The Morgan fingerprint density at radius 1 is 1.53 bits per heavy atom. The molecule has 0 spiro atoms. The van der Waals surface area contributed by atoms with E-state index < -0.39 is 7.12 Å². The van der Waals surface area contributed by atoms with Crippen molar-refractivity contribution in [2.24, 2.45) is 0 Å². The summed E-state index contributed by atoms with van der Waals surface area (Å²) < 4.78 is 11.2. The van der Waals surface area contributed by atoms with E-state index in [0.29, 0.717) is 12.3 Å². The van der Waals surface area contributed by atoms with Crippen molar-refractivity contribution in [3.8, 4) is 0 Å². The first-order chi connectivity index (χ1) is 8.02. The Labute approximate surface area is 101 Å². The Morgan fingerprint density at radius 2 is 2.29 bits per heavy atom. The highest BCUT2D eigenvalue weighted by Gasteiger charge is 2.38. The van der Waals surface area contributed by atoms with Crippen molar-refractivity contribution in [3.63, 3.8) is 0 Å². The van der Waals surface area contributed by atoms with Crippen LogP contribution in [0.5, 0.6) is 0 Å². The third kappa shape index (κ3) is 2.65. The highest BCUT2D eigenvalue weighted by atomic mass is 16.7. The van der Waals surface area contributed by atoms with E-state index in [4.69, 9.17) is 9.31 Å². The first-order valence-electron chi connectivity index (χ1n) is 5.49. The van der Waals surface area contributed by atoms with E-state index >= 15 is 0 Å². The lowest BCUT2D eigenvalue weighted by atomic mass is 9.80. The van der Waals surface area contributed by atoms with Gasteiger partial charge < -0.3 is 14.6 Å². The number of nitrogens with one attached hydrogen (secondary N) is 1. The summed E-state index contributed by atoms with van der Waals surface area (Å²) in [4.78, 5) is 15.4. The smallest absolute Gasteiger partial charge is 0.404 e. The minimum absolute atomic E-state index is 0.204. The highest BCUT2D eigenvalue weighted by molar-refractivity contribution is 6.61. The van der Waals surface area contributed by atoms with Crippen LogP contribution in [0.3, 0.4) is 0 Å². The number of pyridine rings is 1. The molecule has 0 saturated carbocycles. The van der Waals surface area contributed by atoms with Gasteiger partial charge in [-0.15, -0.1) is 0 Å². The zero-order valence-corrected chi connectivity index (χ0v) is 10.2. The van der Waals surface area contributed by atoms with Crippen LogP contribution >= 0.6 is 0 Å². The van der Waals surface area contributed by atoms with E-state index in [2.05, 4.69) is 10.3 Å². The predicted molar refractivity (Wildman–Crippen MR) is 64.1 cm³/mol. The van der Waals surface area contributed by atoms with Crippen molar-refractivity contribution in [1.29, 1.82) is 0 Å². The van der Waals surface area contributed by atoms with Gasteiger partial charge in [-0.25, -0.2) is 0 Å². The van der Waals surface area contributed by atoms with E-state index in [1.54, 1.807) is 25.4 Å². The first-order valence-corrected chi connectivity index (χ1v) is 5.49. The maximum Gasteiger partial charge on any atom is 0.496 e. The van der Waals surface area contributed by atoms with Gasteiger partial charge in [-0.3, -0.25) is 9.78 Å². The lowest BCUT2D eigenvalue weighted by Crippen LogP contribution is -2.35. The minimum atomic E-state index is -0.392. The molecule has 2 heterocycles. The summed E-state index contributed by atoms with van der Waals surface area (Å²) in [6.45, 7) is 4.49. The number of hydrogen-bond donors (Lipinski definition) is 1. The predicted octanol–water partition coefficient (Wildman–Crippen LogP) is -0.0382. The molecular weight excluding hydrogens is 219 g/mol. The first kappa shape index (κ1) is 12.1. The van der Waals surface area contributed by atoms with E-state index in [1.165, 1.54) is 0 Å². The number of carbonyl (C=O) groups excluding carboxylic acids is 1. The summed E-state index contributed by atoms with van der Waals surface area (Å²) in [5.41, 5.74) is 0.932. The molecular formula is C11H15BN2O3. The van der Waals surface area contributed by atoms with Gasteiger partial charge in [-0.05, 0) is 19.9 Å². The summed E-state index contributed by atoms with van der Waals surface area (Å²) in [7, 11) is 1.18. The third-order valence-corrected chi connectivity index (χ3v) is 2.53. The van der Waals surface area contributed by atoms with Crippen molar-refractivity contribution < 1.29 is 14.1 Å². The summed E-state index contributed by atoms with van der Waals surface area (Å²) in [6.07, 6.45) is 1.61. The molecule has 1 fully saturated rings. The molecule has 0 bridgehead atoms. The minimum Gasteiger partial charge on any atom is -0.404 e. The fraction of sp³-hybridized carbons (Fsp3) is 0.455. The van der Waals surface area contributed by atoms with E-state index in [1.807, 2.05) is 13.8 Å². The van der Waals surface area contributed by atoms with Gasteiger partial charge in [0.15, 0.2) is 0 Å². The second kappa shape index (κ2) is 4.47. The van der Waals surface area contributed by atoms with E-state index in [9.17, 15) is 4.79 Å². The molecule has 1 aromatic rings. The fourth-order valence-corrected chi connectivity index (χ4v) is 1.61. The fourth-order valence-electron chi connectivity index (χ4n) is 1.61. The molecule has 1 aliphatic heterocycles. The maximum absolute atomic E-state index is 11.3. The molecule has 1 N–H and O–H groups in total. The number of aromatic nitrogens is 1. The van der Waals surface area contributed by atoms with Crippen LogP contribution < -0.4 is 10.8 Å². The Hall–Kier alpha value is -1.40. The summed E-state index contributed by atoms with van der Waals surface area (Å²) in [5.74, 6) is -0.204. The monoisotopic (exact) mass is 234 g/mol. The number of nitrogens with zero attached hydrogens (tertiary/aromatic N) is 1. The molecule has 1 aliphatic rings. The lowest BCUT2D eigenvalue weighted by molar-refractivity contribution is 0.0958. The normalized spacial score (nSPS) is 18.2. The Morgan fingerprint density at radius 3 is 2.76 bits per heavy atom. The largest absolute Gasteiger partial charge is 0.496 e. The van der Waals surface area contributed by atoms with E-state index in [0.717, 1.165) is 5.46 Å². The maximum atomic E-state index is 11.3. The zero-order chi connectivity index (χ0) is 12.5. The van der Waals surface area contributed by atoms with Crippen LogP contribution in [0.15, 0.2) is 18.3 Å². The second-order valence-corrected chi connectivity index (χ2v) is 4.58. The van der Waals surface area contributed by atoms with Crippen LogP contribution in [0.2, 0.25) is 0 Å². The Balaban J connectivity index is 2.11. The quantitative estimate of drug-likeness (QED) is 0.729. The standard InChI is InChI=1S/C11H15BN2O3/c1-11(2)7-16-12(17-11)8-4-5-9(14-6-8)10(15)13-3/h4-6H,7H2,1-3H3,(H,13,15). The number of hydrogen-bond acceptors (Lipinski definition) is 4. The van der Waals surface area contributed by atoms with Crippen molar-refractivity contribution in [1.82, 2.24) is 10.3 Å². The molecule has 0 radical (unpaired) electrons. The average Bonchev–Trinajstić information content (AvgIpc) is 2.69. The lowest BCUT2D eigenvalue weighted by Gasteiger charge is -2.15. The van der Waals surface area contributed by atoms with Crippen molar-refractivity contribution in [3.05, 3.63) is 24.0 Å². The zero-order valence-electron chi connectivity index (χ0n) is 10.2. The molecule has 1 amide bonds. The molecule has 0 aromatic carbocycles. The Bertz CT molecular complexity index is 419. The van der Waals surface area contributed by atoms with Crippen LogP contribution in [-0.4, -0.2) is 37.3 Å². The average molecular weight is 234 g/mol. The molecule has 6 heteroatoms. The Kier molecular flexibility index (Phi) is 3.17. The third-order valence-electron chi connectivity index (χ3n) is 2.53.